The zero-order chi connectivity index (χ0) is 14.2. The molecule has 4 nitrogen and oxygen atoms in total. The van der Waals surface area contributed by atoms with Crippen LogP contribution < -0.4 is 20.9 Å². The van der Waals surface area contributed by atoms with Crippen molar-refractivity contribution in [3.05, 3.63) is 29.8 Å². The maximum Gasteiger partial charge on any atom is 0.124 e. The predicted molar refractivity (Wildman–Crippen MR) is 82.8 cm³/mol. The van der Waals surface area contributed by atoms with Gasteiger partial charge >= 0.3 is 0 Å². The Labute approximate surface area is 122 Å². The molecule has 112 valence electrons. The van der Waals surface area contributed by atoms with Crippen LogP contribution in [0.2, 0.25) is 0 Å². The smallest absolute Gasteiger partial charge is 0.124 e. The van der Waals surface area contributed by atoms with Gasteiger partial charge in [-0.25, -0.2) is 5.43 Å². The number of unbranched alkanes of at least 4 members (excludes halogenated alkanes) is 2. The van der Waals surface area contributed by atoms with E-state index in [-0.39, 0.29) is 0 Å². The lowest BCUT2D eigenvalue weighted by atomic mass is 10.0. The van der Waals surface area contributed by atoms with Gasteiger partial charge < -0.3 is 10.1 Å². The van der Waals surface area contributed by atoms with Gasteiger partial charge in [-0.2, -0.15) is 0 Å². The molecule has 3 N–H and O–H groups in total. The molecule has 0 spiro atoms. The number of ether oxygens (including phenoxy) is 1. The summed E-state index contributed by atoms with van der Waals surface area (Å²) in [6.45, 7) is 4.00. The standard InChI is InChI=1S/C16H27N3O/c1-3-4-7-10-20-16-9-6-5-8-14(16)15-11-13(12-17-2)18-19-15/h5-6,8-9,13,15,17-19H,3-4,7,10-12H2,1-2H3. The molecule has 1 fully saturated rings. The minimum Gasteiger partial charge on any atom is -0.493 e. The van der Waals surface area contributed by atoms with Crippen LogP contribution in [0.3, 0.4) is 0 Å². The zero-order valence-electron chi connectivity index (χ0n) is 12.6. The summed E-state index contributed by atoms with van der Waals surface area (Å²) in [5.74, 6) is 1.02. The molecule has 4 heteroatoms. The third kappa shape index (κ3) is 4.20. The maximum absolute atomic E-state index is 5.96. The fourth-order valence-electron chi connectivity index (χ4n) is 2.64. The molecule has 2 atom stereocenters. The van der Waals surface area contributed by atoms with Gasteiger partial charge in [0.2, 0.25) is 0 Å². The van der Waals surface area contributed by atoms with E-state index in [1.165, 1.54) is 18.4 Å². The fraction of sp³-hybridized carbons (Fsp3) is 0.625. The Bertz CT molecular complexity index is 397. The summed E-state index contributed by atoms with van der Waals surface area (Å²) >= 11 is 0. The van der Waals surface area contributed by atoms with Gasteiger partial charge in [0.15, 0.2) is 0 Å². The first-order chi connectivity index (χ1) is 9.85. The van der Waals surface area contributed by atoms with Crippen molar-refractivity contribution in [2.45, 2.75) is 44.7 Å². The molecule has 1 saturated heterocycles. The quantitative estimate of drug-likeness (QED) is 0.638. The molecule has 0 radical (unpaired) electrons. The third-order valence-corrected chi connectivity index (χ3v) is 3.73. The summed E-state index contributed by atoms with van der Waals surface area (Å²) in [5.41, 5.74) is 7.98. The Balaban J connectivity index is 1.94. The number of para-hydroxylation sites is 1. The Morgan fingerprint density at radius 1 is 1.25 bits per heavy atom. The average molecular weight is 277 g/mol. The molecule has 0 aliphatic carbocycles. The van der Waals surface area contributed by atoms with Crippen LogP contribution in [0.1, 0.15) is 44.2 Å². The molecule has 0 saturated carbocycles. The van der Waals surface area contributed by atoms with Crippen LogP contribution in [0.4, 0.5) is 0 Å². The summed E-state index contributed by atoms with van der Waals surface area (Å²) in [6, 6.07) is 9.17. The molecule has 1 aliphatic heterocycles. The van der Waals surface area contributed by atoms with Crippen LogP contribution in [0, 0.1) is 0 Å². The van der Waals surface area contributed by atoms with Crippen molar-refractivity contribution in [2.24, 2.45) is 0 Å². The van der Waals surface area contributed by atoms with Crippen LogP contribution in [0.25, 0.3) is 0 Å². The van der Waals surface area contributed by atoms with Crippen molar-refractivity contribution in [1.82, 2.24) is 16.2 Å². The second-order valence-electron chi connectivity index (χ2n) is 5.42. The second kappa shape index (κ2) is 8.25. The minimum absolute atomic E-state index is 0.329. The number of benzene rings is 1. The summed E-state index contributed by atoms with van der Waals surface area (Å²) in [5, 5.41) is 3.21. The van der Waals surface area contributed by atoms with E-state index in [1.807, 2.05) is 13.1 Å². The third-order valence-electron chi connectivity index (χ3n) is 3.73. The molecule has 0 aromatic heterocycles. The summed E-state index contributed by atoms with van der Waals surface area (Å²) in [7, 11) is 1.99. The second-order valence-corrected chi connectivity index (χ2v) is 5.42. The van der Waals surface area contributed by atoms with Crippen LogP contribution in [0.5, 0.6) is 5.75 Å². The molecule has 1 aromatic carbocycles. The van der Waals surface area contributed by atoms with E-state index in [0.717, 1.165) is 31.7 Å². The van der Waals surface area contributed by atoms with Crippen LogP contribution in [-0.2, 0) is 0 Å². The summed E-state index contributed by atoms with van der Waals surface area (Å²) in [4.78, 5) is 0. The minimum atomic E-state index is 0.329. The van der Waals surface area contributed by atoms with Gasteiger partial charge in [-0.15, -0.1) is 0 Å². The summed E-state index contributed by atoms with van der Waals surface area (Å²) < 4.78 is 5.96. The predicted octanol–water partition coefficient (Wildman–Crippen LogP) is 2.38. The highest BCUT2D eigenvalue weighted by atomic mass is 16.5. The lowest BCUT2D eigenvalue weighted by Crippen LogP contribution is -2.36. The monoisotopic (exact) mass is 277 g/mol. The highest BCUT2D eigenvalue weighted by Crippen LogP contribution is 2.30. The first-order valence-corrected chi connectivity index (χ1v) is 7.72. The van der Waals surface area contributed by atoms with Crippen molar-refractivity contribution in [3.8, 4) is 5.75 Å². The van der Waals surface area contributed by atoms with E-state index < -0.39 is 0 Å². The van der Waals surface area contributed by atoms with E-state index in [2.05, 4.69) is 41.3 Å². The molecular formula is C16H27N3O. The highest BCUT2D eigenvalue weighted by molar-refractivity contribution is 5.36. The van der Waals surface area contributed by atoms with Gasteiger partial charge in [0.25, 0.3) is 0 Å². The first-order valence-electron chi connectivity index (χ1n) is 7.72. The number of nitrogens with one attached hydrogen (secondary N) is 3. The molecule has 2 unspecified atom stereocenters. The molecule has 2 rings (SSSR count). The van der Waals surface area contributed by atoms with Crippen molar-refractivity contribution < 1.29 is 4.74 Å². The van der Waals surface area contributed by atoms with Gasteiger partial charge in [-0.1, -0.05) is 38.0 Å². The molecular weight excluding hydrogens is 250 g/mol. The number of rotatable bonds is 8. The number of hydrogen-bond acceptors (Lipinski definition) is 4. The van der Waals surface area contributed by atoms with Gasteiger partial charge in [0.1, 0.15) is 5.75 Å². The largest absolute Gasteiger partial charge is 0.493 e. The van der Waals surface area contributed by atoms with E-state index in [4.69, 9.17) is 4.74 Å². The van der Waals surface area contributed by atoms with Gasteiger partial charge in [-0.05, 0) is 26.0 Å². The lowest BCUT2D eigenvalue weighted by molar-refractivity contribution is 0.300. The van der Waals surface area contributed by atoms with Crippen LogP contribution in [-0.4, -0.2) is 26.2 Å². The van der Waals surface area contributed by atoms with Crippen molar-refractivity contribution in [1.29, 1.82) is 0 Å². The van der Waals surface area contributed by atoms with Crippen LogP contribution >= 0.6 is 0 Å². The Morgan fingerprint density at radius 2 is 2.10 bits per heavy atom. The Hall–Kier alpha value is -1.10. The molecule has 1 heterocycles. The van der Waals surface area contributed by atoms with Crippen molar-refractivity contribution in [3.63, 3.8) is 0 Å². The average Bonchev–Trinajstić information content (AvgIpc) is 2.93. The van der Waals surface area contributed by atoms with E-state index in [0.29, 0.717) is 12.1 Å². The van der Waals surface area contributed by atoms with Crippen molar-refractivity contribution >= 4 is 0 Å². The Kier molecular flexibility index (Phi) is 6.30. The maximum atomic E-state index is 5.96. The summed E-state index contributed by atoms with van der Waals surface area (Å²) in [6.07, 6.45) is 4.67. The Morgan fingerprint density at radius 3 is 2.90 bits per heavy atom. The molecule has 0 amide bonds. The molecule has 1 aromatic rings. The molecule has 20 heavy (non-hydrogen) atoms. The topological polar surface area (TPSA) is 45.3 Å². The molecule has 1 aliphatic rings. The van der Waals surface area contributed by atoms with E-state index >= 15 is 0 Å². The number of hydrogen-bond donors (Lipinski definition) is 3. The van der Waals surface area contributed by atoms with Crippen molar-refractivity contribution in [2.75, 3.05) is 20.2 Å². The van der Waals surface area contributed by atoms with E-state index in [1.54, 1.807) is 0 Å². The van der Waals surface area contributed by atoms with Crippen LogP contribution in [0.15, 0.2) is 24.3 Å². The first kappa shape index (κ1) is 15.3. The SMILES string of the molecule is CCCCCOc1ccccc1C1CC(CNC)NN1. The van der Waals surface area contributed by atoms with E-state index in [9.17, 15) is 0 Å². The molecule has 0 bridgehead atoms. The zero-order valence-corrected chi connectivity index (χ0v) is 12.6. The fourth-order valence-corrected chi connectivity index (χ4v) is 2.64. The van der Waals surface area contributed by atoms with Gasteiger partial charge in [0, 0.05) is 18.2 Å². The number of hydrazine groups is 1. The number of likely N-dealkylation sites (N-methyl/N-ethyl adjacent to an activating group) is 1. The highest BCUT2D eigenvalue weighted by Gasteiger charge is 2.26. The van der Waals surface area contributed by atoms with Gasteiger partial charge in [-0.3, -0.25) is 5.43 Å². The van der Waals surface area contributed by atoms with Gasteiger partial charge in [0.05, 0.1) is 12.6 Å². The lowest BCUT2D eigenvalue weighted by Gasteiger charge is -2.16. The normalized spacial score (nSPS) is 22.1.